The number of carbonyl (C=O) groups excluding carboxylic acids is 1. The summed E-state index contributed by atoms with van der Waals surface area (Å²) in [5.74, 6) is -0.563. The van der Waals surface area contributed by atoms with E-state index in [1.807, 2.05) is 13.0 Å². The summed E-state index contributed by atoms with van der Waals surface area (Å²) in [7, 11) is 0. The highest BCUT2D eigenvalue weighted by Crippen LogP contribution is 2.23. The fraction of sp³-hybridized carbons (Fsp3) is 0.143. The highest BCUT2D eigenvalue weighted by atomic mass is 35.5. The minimum atomic E-state index is -0.563. The van der Waals surface area contributed by atoms with Gasteiger partial charge in [0.1, 0.15) is 16.6 Å². The molecule has 1 aromatic carbocycles. The Morgan fingerprint density at radius 1 is 1.45 bits per heavy atom. The smallest absolute Gasteiger partial charge is 0.268 e. The molecule has 1 N–H and O–H groups in total. The Morgan fingerprint density at radius 3 is 2.82 bits per heavy atom. The van der Waals surface area contributed by atoms with Crippen LogP contribution in [0.2, 0.25) is 10.0 Å². The Bertz CT molecular complexity index is 779. The molecule has 0 atom stereocenters. The van der Waals surface area contributed by atoms with E-state index < -0.39 is 5.91 Å². The molecule has 0 spiro atoms. The third-order valence-corrected chi connectivity index (χ3v) is 4.16. The number of nitriles is 1. The molecule has 8 heteroatoms. The zero-order valence-electron chi connectivity index (χ0n) is 11.4. The van der Waals surface area contributed by atoms with Crippen LogP contribution in [0.25, 0.3) is 6.08 Å². The maximum atomic E-state index is 12.1. The summed E-state index contributed by atoms with van der Waals surface area (Å²) in [6.45, 7) is 1.94. The standard InChI is InChI=1S/C14H10Cl2N4OS/c1-2-12-19-20-14(22-12)18-13(21)9(7-17)5-8-3-4-10(15)6-11(8)16/h3-6H,2H2,1H3,(H,18,20,21). The first-order valence-electron chi connectivity index (χ1n) is 6.24. The van der Waals surface area contributed by atoms with Crippen molar-refractivity contribution < 1.29 is 4.79 Å². The number of halogens is 2. The van der Waals surface area contributed by atoms with Crippen molar-refractivity contribution in [2.24, 2.45) is 0 Å². The molecule has 0 saturated carbocycles. The van der Waals surface area contributed by atoms with Crippen LogP contribution in [0.3, 0.4) is 0 Å². The van der Waals surface area contributed by atoms with Gasteiger partial charge in [0, 0.05) is 10.0 Å². The summed E-state index contributed by atoms with van der Waals surface area (Å²) in [6.07, 6.45) is 2.13. The number of carbonyl (C=O) groups is 1. The zero-order chi connectivity index (χ0) is 16.1. The van der Waals surface area contributed by atoms with Crippen LogP contribution in [-0.2, 0) is 11.2 Å². The molecule has 112 valence electrons. The van der Waals surface area contributed by atoms with Gasteiger partial charge in [0.2, 0.25) is 5.13 Å². The Balaban J connectivity index is 2.21. The van der Waals surface area contributed by atoms with Crippen molar-refractivity contribution in [2.75, 3.05) is 5.32 Å². The first-order valence-corrected chi connectivity index (χ1v) is 7.81. The van der Waals surface area contributed by atoms with Crippen LogP contribution in [0, 0.1) is 11.3 Å². The molecule has 0 aliphatic heterocycles. The summed E-state index contributed by atoms with van der Waals surface area (Å²) < 4.78 is 0. The van der Waals surface area contributed by atoms with Gasteiger partial charge in [0.15, 0.2) is 0 Å². The normalized spacial score (nSPS) is 11.1. The number of aryl methyl sites for hydroxylation is 1. The van der Waals surface area contributed by atoms with E-state index in [1.54, 1.807) is 18.2 Å². The van der Waals surface area contributed by atoms with Crippen LogP contribution < -0.4 is 5.32 Å². The largest absolute Gasteiger partial charge is 0.296 e. The Morgan fingerprint density at radius 2 is 2.23 bits per heavy atom. The van der Waals surface area contributed by atoms with Crippen molar-refractivity contribution in [3.8, 4) is 6.07 Å². The lowest BCUT2D eigenvalue weighted by Gasteiger charge is -2.02. The number of benzene rings is 1. The SMILES string of the molecule is CCc1nnc(NC(=O)C(C#N)=Cc2ccc(Cl)cc2Cl)s1. The third-order valence-electron chi connectivity index (χ3n) is 2.62. The molecule has 0 unspecified atom stereocenters. The van der Waals surface area contributed by atoms with Crippen LogP contribution in [0.4, 0.5) is 5.13 Å². The average Bonchev–Trinajstić information content (AvgIpc) is 2.94. The summed E-state index contributed by atoms with van der Waals surface area (Å²) in [4.78, 5) is 12.1. The van der Waals surface area contributed by atoms with Gasteiger partial charge in [-0.05, 0) is 30.2 Å². The molecule has 0 radical (unpaired) electrons. The summed E-state index contributed by atoms with van der Waals surface area (Å²) in [5.41, 5.74) is 0.446. The molecule has 0 aliphatic rings. The van der Waals surface area contributed by atoms with Crippen molar-refractivity contribution in [1.82, 2.24) is 10.2 Å². The van der Waals surface area contributed by atoms with E-state index >= 15 is 0 Å². The molecule has 0 bridgehead atoms. The predicted molar refractivity (Wildman–Crippen MR) is 88.0 cm³/mol. The summed E-state index contributed by atoms with van der Waals surface area (Å²) in [6, 6.07) is 6.65. The second-order valence-corrected chi connectivity index (χ2v) is 6.05. The van der Waals surface area contributed by atoms with E-state index in [0.29, 0.717) is 20.7 Å². The van der Waals surface area contributed by atoms with Crippen molar-refractivity contribution in [1.29, 1.82) is 5.26 Å². The molecule has 22 heavy (non-hydrogen) atoms. The molecular formula is C14H10Cl2N4OS. The monoisotopic (exact) mass is 352 g/mol. The van der Waals surface area contributed by atoms with E-state index in [4.69, 9.17) is 28.5 Å². The highest BCUT2D eigenvalue weighted by Gasteiger charge is 2.13. The second-order valence-electron chi connectivity index (χ2n) is 4.14. The Labute approximate surface area is 141 Å². The molecule has 1 aromatic heterocycles. The molecule has 2 rings (SSSR count). The molecule has 2 aromatic rings. The van der Waals surface area contributed by atoms with Gasteiger partial charge in [-0.25, -0.2) is 0 Å². The van der Waals surface area contributed by atoms with E-state index in [0.717, 1.165) is 11.4 Å². The van der Waals surface area contributed by atoms with Gasteiger partial charge in [-0.15, -0.1) is 10.2 Å². The van der Waals surface area contributed by atoms with Gasteiger partial charge in [-0.1, -0.05) is 47.5 Å². The molecule has 0 aliphatic carbocycles. The van der Waals surface area contributed by atoms with Crippen LogP contribution in [0.15, 0.2) is 23.8 Å². The lowest BCUT2D eigenvalue weighted by atomic mass is 10.1. The van der Waals surface area contributed by atoms with Gasteiger partial charge < -0.3 is 0 Å². The highest BCUT2D eigenvalue weighted by molar-refractivity contribution is 7.15. The molecule has 0 saturated heterocycles. The van der Waals surface area contributed by atoms with Crippen molar-refractivity contribution in [3.63, 3.8) is 0 Å². The minimum Gasteiger partial charge on any atom is -0.296 e. The van der Waals surface area contributed by atoms with Gasteiger partial charge in [-0.2, -0.15) is 5.26 Å². The van der Waals surface area contributed by atoms with E-state index in [2.05, 4.69) is 15.5 Å². The quantitative estimate of drug-likeness (QED) is 0.667. The zero-order valence-corrected chi connectivity index (χ0v) is 13.8. The van der Waals surface area contributed by atoms with Gasteiger partial charge in [0.05, 0.1) is 0 Å². The van der Waals surface area contributed by atoms with Crippen LogP contribution in [0.1, 0.15) is 17.5 Å². The molecular weight excluding hydrogens is 343 g/mol. The maximum Gasteiger partial charge on any atom is 0.268 e. The predicted octanol–water partition coefficient (Wildman–Crippen LogP) is 3.95. The number of rotatable bonds is 4. The topological polar surface area (TPSA) is 78.7 Å². The lowest BCUT2D eigenvalue weighted by molar-refractivity contribution is -0.112. The number of hydrogen-bond acceptors (Lipinski definition) is 5. The van der Waals surface area contributed by atoms with Crippen molar-refractivity contribution in [2.45, 2.75) is 13.3 Å². The second kappa shape index (κ2) is 7.36. The molecule has 1 amide bonds. The maximum absolute atomic E-state index is 12.1. The molecule has 5 nitrogen and oxygen atoms in total. The number of nitrogens with one attached hydrogen (secondary N) is 1. The lowest BCUT2D eigenvalue weighted by Crippen LogP contribution is -2.13. The fourth-order valence-electron chi connectivity index (χ4n) is 1.53. The minimum absolute atomic E-state index is 0.0857. The van der Waals surface area contributed by atoms with Crippen LogP contribution in [-0.4, -0.2) is 16.1 Å². The molecule has 0 fully saturated rings. The van der Waals surface area contributed by atoms with E-state index in [-0.39, 0.29) is 5.57 Å². The number of nitrogens with zero attached hydrogens (tertiary/aromatic N) is 3. The summed E-state index contributed by atoms with van der Waals surface area (Å²) >= 11 is 13.1. The molecule has 1 heterocycles. The fourth-order valence-corrected chi connectivity index (χ4v) is 2.67. The van der Waals surface area contributed by atoms with E-state index in [9.17, 15) is 4.79 Å². The van der Waals surface area contributed by atoms with Crippen molar-refractivity contribution in [3.05, 3.63) is 44.4 Å². The third kappa shape index (κ3) is 4.04. The number of hydrogen-bond donors (Lipinski definition) is 1. The first-order chi connectivity index (χ1) is 10.5. The number of amides is 1. The van der Waals surface area contributed by atoms with Gasteiger partial charge in [0.25, 0.3) is 5.91 Å². The van der Waals surface area contributed by atoms with Crippen LogP contribution >= 0.6 is 34.5 Å². The Hall–Kier alpha value is -1.94. The first kappa shape index (κ1) is 16.4. The average molecular weight is 353 g/mol. The number of aromatic nitrogens is 2. The van der Waals surface area contributed by atoms with Gasteiger partial charge in [-0.3, -0.25) is 10.1 Å². The number of anilines is 1. The van der Waals surface area contributed by atoms with Crippen LogP contribution in [0.5, 0.6) is 0 Å². The van der Waals surface area contributed by atoms with Gasteiger partial charge >= 0.3 is 0 Å². The Kier molecular flexibility index (Phi) is 5.50. The summed E-state index contributed by atoms with van der Waals surface area (Å²) in [5, 5.41) is 21.4. The van der Waals surface area contributed by atoms with Crippen molar-refractivity contribution >= 4 is 51.7 Å². The van der Waals surface area contributed by atoms with E-state index in [1.165, 1.54) is 17.4 Å².